The van der Waals surface area contributed by atoms with E-state index >= 15 is 0 Å². The fourth-order valence-electron chi connectivity index (χ4n) is 3.15. The van der Waals surface area contributed by atoms with Crippen LogP contribution in [0.3, 0.4) is 0 Å². The van der Waals surface area contributed by atoms with Gasteiger partial charge in [0.25, 0.3) is 5.56 Å². The maximum absolute atomic E-state index is 12.9. The molecule has 0 radical (unpaired) electrons. The Morgan fingerprint density at radius 3 is 2.61 bits per heavy atom. The summed E-state index contributed by atoms with van der Waals surface area (Å²) in [7, 11) is 0. The number of hydrogen-bond donors (Lipinski definition) is 1. The van der Waals surface area contributed by atoms with Gasteiger partial charge in [0.2, 0.25) is 0 Å². The minimum atomic E-state index is 0.175. The van der Waals surface area contributed by atoms with Gasteiger partial charge in [-0.3, -0.25) is 4.79 Å². The first-order valence-electron chi connectivity index (χ1n) is 8.64. The summed E-state index contributed by atoms with van der Waals surface area (Å²) in [6, 6.07) is 11.0. The van der Waals surface area contributed by atoms with Gasteiger partial charge in [0.05, 0.1) is 5.69 Å². The molecule has 0 spiro atoms. The zero-order valence-corrected chi connectivity index (χ0v) is 14.4. The molecule has 1 fully saturated rings. The standard InChI is InChI=1S/C20H26N2O/c1-4-11-21-13-16-6-10-19(22(20(16)23)17-7-8-17)18-9-5-14(2)12-15(18)3/h5-6,9-10,12,17,21H,4,7-8,11,13H2,1-3H3. The Morgan fingerprint density at radius 1 is 1.17 bits per heavy atom. The Kier molecular flexibility index (Phi) is 4.67. The van der Waals surface area contributed by atoms with E-state index in [1.807, 2.05) is 10.6 Å². The second kappa shape index (κ2) is 6.71. The van der Waals surface area contributed by atoms with E-state index in [0.717, 1.165) is 37.1 Å². The molecule has 0 amide bonds. The Labute approximate surface area is 138 Å². The van der Waals surface area contributed by atoms with Crippen LogP contribution in [0, 0.1) is 13.8 Å². The molecule has 0 bridgehead atoms. The third-order valence-corrected chi connectivity index (χ3v) is 4.51. The van der Waals surface area contributed by atoms with Crippen LogP contribution in [-0.4, -0.2) is 11.1 Å². The number of pyridine rings is 1. The van der Waals surface area contributed by atoms with Crippen molar-refractivity contribution in [2.45, 2.75) is 52.6 Å². The normalized spacial score (nSPS) is 14.2. The van der Waals surface area contributed by atoms with Crippen molar-refractivity contribution in [1.82, 2.24) is 9.88 Å². The zero-order valence-electron chi connectivity index (χ0n) is 14.4. The van der Waals surface area contributed by atoms with Crippen LogP contribution in [0.4, 0.5) is 0 Å². The Bertz CT molecular complexity index is 757. The van der Waals surface area contributed by atoms with Crippen molar-refractivity contribution in [2.24, 2.45) is 0 Å². The predicted octanol–water partition coefficient (Wildman–Crippen LogP) is 3.97. The van der Waals surface area contributed by atoms with Gasteiger partial charge < -0.3 is 9.88 Å². The highest BCUT2D eigenvalue weighted by atomic mass is 16.1. The molecule has 0 atom stereocenters. The molecule has 0 unspecified atom stereocenters. The van der Waals surface area contributed by atoms with Crippen LogP contribution in [0.5, 0.6) is 0 Å². The second-order valence-corrected chi connectivity index (χ2v) is 6.65. The second-order valence-electron chi connectivity index (χ2n) is 6.65. The third kappa shape index (κ3) is 3.40. The van der Waals surface area contributed by atoms with E-state index in [9.17, 15) is 4.79 Å². The lowest BCUT2D eigenvalue weighted by Crippen LogP contribution is -2.28. The molecule has 1 saturated carbocycles. The molecule has 3 rings (SSSR count). The number of rotatable bonds is 6. The van der Waals surface area contributed by atoms with E-state index in [4.69, 9.17) is 0 Å². The average molecular weight is 310 g/mol. The van der Waals surface area contributed by atoms with Crippen molar-refractivity contribution in [3.05, 3.63) is 57.4 Å². The summed E-state index contributed by atoms with van der Waals surface area (Å²) in [5.41, 5.74) is 5.77. The van der Waals surface area contributed by atoms with Crippen LogP contribution in [0.15, 0.2) is 35.1 Å². The molecule has 0 saturated heterocycles. The lowest BCUT2D eigenvalue weighted by atomic mass is 10.0. The van der Waals surface area contributed by atoms with Crippen LogP contribution in [0.25, 0.3) is 11.3 Å². The Morgan fingerprint density at radius 2 is 1.96 bits per heavy atom. The molecular weight excluding hydrogens is 284 g/mol. The van der Waals surface area contributed by atoms with E-state index < -0.39 is 0 Å². The number of nitrogens with one attached hydrogen (secondary N) is 1. The molecule has 1 N–H and O–H groups in total. The van der Waals surface area contributed by atoms with Crippen molar-refractivity contribution >= 4 is 0 Å². The van der Waals surface area contributed by atoms with E-state index in [0.29, 0.717) is 12.6 Å². The first-order valence-corrected chi connectivity index (χ1v) is 8.64. The van der Waals surface area contributed by atoms with Crippen molar-refractivity contribution < 1.29 is 0 Å². The lowest BCUT2D eigenvalue weighted by Gasteiger charge is -2.16. The monoisotopic (exact) mass is 310 g/mol. The van der Waals surface area contributed by atoms with Gasteiger partial charge in [-0.2, -0.15) is 0 Å². The van der Waals surface area contributed by atoms with Crippen LogP contribution < -0.4 is 10.9 Å². The van der Waals surface area contributed by atoms with E-state index in [2.05, 4.69) is 50.4 Å². The molecule has 2 aromatic rings. The maximum Gasteiger partial charge on any atom is 0.255 e. The summed E-state index contributed by atoms with van der Waals surface area (Å²) >= 11 is 0. The molecule has 1 heterocycles. The topological polar surface area (TPSA) is 34.0 Å². The number of aryl methyl sites for hydroxylation is 2. The van der Waals surface area contributed by atoms with Crippen LogP contribution in [0.2, 0.25) is 0 Å². The van der Waals surface area contributed by atoms with Gasteiger partial charge in [0.15, 0.2) is 0 Å². The Hall–Kier alpha value is -1.87. The predicted molar refractivity (Wildman–Crippen MR) is 95.9 cm³/mol. The molecule has 0 aliphatic heterocycles. The van der Waals surface area contributed by atoms with Crippen molar-refractivity contribution in [3.63, 3.8) is 0 Å². The molecular formula is C20H26N2O. The molecule has 1 aromatic carbocycles. The van der Waals surface area contributed by atoms with E-state index in [1.54, 1.807) is 0 Å². The SMILES string of the molecule is CCCNCc1ccc(-c2ccc(C)cc2C)n(C2CC2)c1=O. The quantitative estimate of drug-likeness (QED) is 0.819. The first-order chi connectivity index (χ1) is 11.1. The highest BCUT2D eigenvalue weighted by molar-refractivity contribution is 5.65. The van der Waals surface area contributed by atoms with Gasteiger partial charge in [0, 0.05) is 23.7 Å². The summed E-state index contributed by atoms with van der Waals surface area (Å²) in [6.45, 7) is 7.97. The smallest absolute Gasteiger partial charge is 0.255 e. The number of benzene rings is 1. The molecule has 3 nitrogen and oxygen atoms in total. The average Bonchev–Trinajstić information content (AvgIpc) is 3.34. The van der Waals surface area contributed by atoms with E-state index in [1.165, 1.54) is 16.7 Å². The summed E-state index contributed by atoms with van der Waals surface area (Å²) in [4.78, 5) is 12.9. The molecule has 1 aromatic heterocycles. The van der Waals surface area contributed by atoms with Crippen molar-refractivity contribution in [2.75, 3.05) is 6.54 Å². The summed E-state index contributed by atoms with van der Waals surface area (Å²) in [6.07, 6.45) is 3.31. The first kappa shape index (κ1) is 16.0. The van der Waals surface area contributed by atoms with Crippen molar-refractivity contribution in [1.29, 1.82) is 0 Å². The molecule has 1 aliphatic rings. The number of aromatic nitrogens is 1. The minimum Gasteiger partial charge on any atom is -0.312 e. The van der Waals surface area contributed by atoms with Crippen LogP contribution in [0.1, 0.15) is 48.9 Å². The molecule has 3 heteroatoms. The summed E-state index contributed by atoms with van der Waals surface area (Å²) in [5, 5.41) is 3.34. The van der Waals surface area contributed by atoms with Crippen LogP contribution >= 0.6 is 0 Å². The van der Waals surface area contributed by atoms with Crippen molar-refractivity contribution in [3.8, 4) is 11.3 Å². The maximum atomic E-state index is 12.9. The third-order valence-electron chi connectivity index (χ3n) is 4.51. The fourth-order valence-corrected chi connectivity index (χ4v) is 3.15. The number of nitrogens with zero attached hydrogens (tertiary/aromatic N) is 1. The van der Waals surface area contributed by atoms with Gasteiger partial charge in [-0.05, 0) is 51.3 Å². The largest absolute Gasteiger partial charge is 0.312 e. The Balaban J connectivity index is 2.04. The van der Waals surface area contributed by atoms with Gasteiger partial charge in [-0.15, -0.1) is 0 Å². The van der Waals surface area contributed by atoms with E-state index in [-0.39, 0.29) is 5.56 Å². The fraction of sp³-hybridized carbons (Fsp3) is 0.450. The lowest BCUT2D eigenvalue weighted by molar-refractivity contribution is 0.649. The summed E-state index contributed by atoms with van der Waals surface area (Å²) in [5.74, 6) is 0. The van der Waals surface area contributed by atoms with Gasteiger partial charge in [-0.1, -0.05) is 36.8 Å². The van der Waals surface area contributed by atoms with Gasteiger partial charge in [0.1, 0.15) is 0 Å². The minimum absolute atomic E-state index is 0.175. The highest BCUT2D eigenvalue weighted by Crippen LogP contribution is 2.37. The summed E-state index contributed by atoms with van der Waals surface area (Å²) < 4.78 is 2.03. The van der Waals surface area contributed by atoms with Crippen LogP contribution in [-0.2, 0) is 6.54 Å². The highest BCUT2D eigenvalue weighted by Gasteiger charge is 2.28. The zero-order chi connectivity index (χ0) is 16.4. The van der Waals surface area contributed by atoms with Gasteiger partial charge in [-0.25, -0.2) is 0 Å². The molecule has 122 valence electrons. The molecule has 23 heavy (non-hydrogen) atoms. The molecule has 1 aliphatic carbocycles. The number of hydrogen-bond acceptors (Lipinski definition) is 2. The van der Waals surface area contributed by atoms with Gasteiger partial charge >= 0.3 is 0 Å².